The standard InChI is InChI=1S/C12H19N3O2/c1-8-5-11(6-9(2)16-8)17-12-4-3-10(7-13)14-15-12/h3-4,8-9,11H,5-7,13H2,1-2H3. The van der Waals surface area contributed by atoms with E-state index >= 15 is 0 Å². The molecular weight excluding hydrogens is 218 g/mol. The van der Waals surface area contributed by atoms with Gasteiger partial charge in [0.25, 0.3) is 0 Å². The zero-order chi connectivity index (χ0) is 12.3. The van der Waals surface area contributed by atoms with Crippen molar-refractivity contribution in [3.05, 3.63) is 17.8 Å². The largest absolute Gasteiger partial charge is 0.473 e. The van der Waals surface area contributed by atoms with Crippen LogP contribution in [-0.4, -0.2) is 28.5 Å². The molecule has 0 aromatic carbocycles. The molecule has 0 bridgehead atoms. The summed E-state index contributed by atoms with van der Waals surface area (Å²) < 4.78 is 11.5. The molecule has 94 valence electrons. The molecule has 1 aromatic heterocycles. The first-order chi connectivity index (χ1) is 8.17. The number of hydrogen-bond acceptors (Lipinski definition) is 5. The molecule has 2 atom stereocenters. The van der Waals surface area contributed by atoms with Gasteiger partial charge in [-0.1, -0.05) is 0 Å². The summed E-state index contributed by atoms with van der Waals surface area (Å²) in [7, 11) is 0. The molecule has 1 aliphatic heterocycles. The topological polar surface area (TPSA) is 70.3 Å². The molecule has 1 fully saturated rings. The van der Waals surface area contributed by atoms with E-state index in [4.69, 9.17) is 15.2 Å². The van der Waals surface area contributed by atoms with Crippen molar-refractivity contribution < 1.29 is 9.47 Å². The van der Waals surface area contributed by atoms with Gasteiger partial charge in [0.15, 0.2) is 0 Å². The van der Waals surface area contributed by atoms with E-state index in [1.165, 1.54) is 0 Å². The lowest BCUT2D eigenvalue weighted by atomic mass is 10.0. The van der Waals surface area contributed by atoms with Crippen LogP contribution >= 0.6 is 0 Å². The molecule has 0 aliphatic carbocycles. The van der Waals surface area contributed by atoms with Gasteiger partial charge >= 0.3 is 0 Å². The summed E-state index contributed by atoms with van der Waals surface area (Å²) in [6.07, 6.45) is 2.42. The minimum absolute atomic E-state index is 0.159. The first kappa shape index (κ1) is 12.3. The zero-order valence-corrected chi connectivity index (χ0v) is 10.3. The second-order valence-corrected chi connectivity index (χ2v) is 4.54. The highest BCUT2D eigenvalue weighted by molar-refractivity contribution is 5.11. The number of rotatable bonds is 3. The fraction of sp³-hybridized carbons (Fsp3) is 0.667. The third-order valence-electron chi connectivity index (χ3n) is 2.85. The molecule has 1 saturated heterocycles. The minimum atomic E-state index is 0.159. The monoisotopic (exact) mass is 237 g/mol. The number of aromatic nitrogens is 2. The van der Waals surface area contributed by atoms with Gasteiger partial charge in [0.1, 0.15) is 6.10 Å². The fourth-order valence-electron chi connectivity index (χ4n) is 2.13. The summed E-state index contributed by atoms with van der Waals surface area (Å²) in [6.45, 7) is 4.53. The lowest BCUT2D eigenvalue weighted by molar-refractivity contribution is -0.0731. The first-order valence-corrected chi connectivity index (χ1v) is 6.02. The van der Waals surface area contributed by atoms with Gasteiger partial charge in [-0.3, -0.25) is 0 Å². The van der Waals surface area contributed by atoms with E-state index in [9.17, 15) is 0 Å². The van der Waals surface area contributed by atoms with Gasteiger partial charge in [-0.2, -0.15) is 5.10 Å². The molecule has 0 spiro atoms. The van der Waals surface area contributed by atoms with Gasteiger partial charge < -0.3 is 15.2 Å². The van der Waals surface area contributed by atoms with Crippen molar-refractivity contribution in [2.24, 2.45) is 5.73 Å². The zero-order valence-electron chi connectivity index (χ0n) is 10.3. The summed E-state index contributed by atoms with van der Waals surface area (Å²) in [5, 5.41) is 7.97. The van der Waals surface area contributed by atoms with Crippen LogP contribution in [0.5, 0.6) is 5.88 Å². The number of hydrogen-bond donors (Lipinski definition) is 1. The Kier molecular flexibility index (Phi) is 3.91. The Morgan fingerprint density at radius 2 is 2.00 bits per heavy atom. The highest BCUT2D eigenvalue weighted by atomic mass is 16.5. The predicted molar refractivity (Wildman–Crippen MR) is 63.6 cm³/mol. The van der Waals surface area contributed by atoms with Crippen LogP contribution in [0.2, 0.25) is 0 Å². The Balaban J connectivity index is 1.95. The summed E-state index contributed by atoms with van der Waals surface area (Å²) in [6, 6.07) is 3.66. The quantitative estimate of drug-likeness (QED) is 0.857. The van der Waals surface area contributed by atoms with Gasteiger partial charge in [-0.15, -0.1) is 5.10 Å². The van der Waals surface area contributed by atoms with Crippen LogP contribution in [0.1, 0.15) is 32.4 Å². The minimum Gasteiger partial charge on any atom is -0.473 e. The maximum atomic E-state index is 5.80. The van der Waals surface area contributed by atoms with Crippen LogP contribution < -0.4 is 10.5 Å². The molecule has 17 heavy (non-hydrogen) atoms. The van der Waals surface area contributed by atoms with Crippen molar-refractivity contribution in [3.63, 3.8) is 0 Å². The average Bonchev–Trinajstić information content (AvgIpc) is 2.28. The average molecular weight is 237 g/mol. The van der Waals surface area contributed by atoms with Crippen LogP contribution in [0.25, 0.3) is 0 Å². The number of nitrogens with zero attached hydrogens (tertiary/aromatic N) is 2. The van der Waals surface area contributed by atoms with E-state index in [-0.39, 0.29) is 18.3 Å². The van der Waals surface area contributed by atoms with Crippen molar-refractivity contribution in [3.8, 4) is 5.88 Å². The molecule has 2 rings (SSSR count). The Hall–Kier alpha value is -1.20. The third kappa shape index (κ3) is 3.38. The molecule has 0 saturated carbocycles. The Labute approximate surface area is 101 Å². The van der Waals surface area contributed by atoms with Gasteiger partial charge in [0, 0.05) is 25.5 Å². The Bertz CT molecular complexity index is 345. The van der Waals surface area contributed by atoms with E-state index in [2.05, 4.69) is 24.0 Å². The van der Waals surface area contributed by atoms with E-state index in [1.807, 2.05) is 12.1 Å². The highest BCUT2D eigenvalue weighted by Crippen LogP contribution is 2.22. The highest BCUT2D eigenvalue weighted by Gasteiger charge is 2.26. The SMILES string of the molecule is CC1CC(Oc2ccc(CN)nn2)CC(C)O1. The van der Waals surface area contributed by atoms with Gasteiger partial charge in [-0.25, -0.2) is 0 Å². The van der Waals surface area contributed by atoms with Gasteiger partial charge in [-0.05, 0) is 19.9 Å². The van der Waals surface area contributed by atoms with E-state index in [0.717, 1.165) is 18.5 Å². The molecule has 5 nitrogen and oxygen atoms in total. The number of nitrogens with two attached hydrogens (primary N) is 1. The van der Waals surface area contributed by atoms with Crippen LogP contribution in [0, 0.1) is 0 Å². The maximum absolute atomic E-state index is 5.80. The Morgan fingerprint density at radius 3 is 2.53 bits per heavy atom. The summed E-state index contributed by atoms with van der Waals surface area (Å²) in [5.74, 6) is 0.563. The van der Waals surface area contributed by atoms with Crippen LogP contribution in [0.15, 0.2) is 12.1 Å². The van der Waals surface area contributed by atoms with Gasteiger partial charge in [0.05, 0.1) is 17.9 Å². The van der Waals surface area contributed by atoms with E-state index in [0.29, 0.717) is 12.4 Å². The summed E-state index contributed by atoms with van der Waals surface area (Å²) in [4.78, 5) is 0. The van der Waals surface area contributed by atoms with E-state index < -0.39 is 0 Å². The third-order valence-corrected chi connectivity index (χ3v) is 2.85. The molecule has 2 unspecified atom stereocenters. The summed E-state index contributed by atoms with van der Waals surface area (Å²) >= 11 is 0. The van der Waals surface area contributed by atoms with Crippen molar-refractivity contribution in [1.29, 1.82) is 0 Å². The lowest BCUT2D eigenvalue weighted by Crippen LogP contribution is -2.35. The molecule has 0 radical (unpaired) electrons. The first-order valence-electron chi connectivity index (χ1n) is 6.02. The molecule has 1 aromatic rings. The van der Waals surface area contributed by atoms with Crippen LogP contribution in [0.3, 0.4) is 0 Å². The van der Waals surface area contributed by atoms with E-state index in [1.54, 1.807) is 0 Å². The molecule has 2 N–H and O–H groups in total. The molecule has 1 aliphatic rings. The smallest absolute Gasteiger partial charge is 0.233 e. The summed E-state index contributed by atoms with van der Waals surface area (Å²) in [5.41, 5.74) is 6.23. The second kappa shape index (κ2) is 5.42. The lowest BCUT2D eigenvalue weighted by Gasteiger charge is -2.31. The van der Waals surface area contributed by atoms with Crippen molar-refractivity contribution in [2.45, 2.75) is 51.5 Å². The van der Waals surface area contributed by atoms with Crippen LogP contribution in [-0.2, 0) is 11.3 Å². The van der Waals surface area contributed by atoms with Crippen molar-refractivity contribution in [2.75, 3.05) is 0 Å². The fourth-order valence-corrected chi connectivity index (χ4v) is 2.13. The predicted octanol–water partition coefficient (Wildman–Crippen LogP) is 1.27. The molecular formula is C12H19N3O2. The molecule has 5 heteroatoms. The molecule has 0 amide bonds. The second-order valence-electron chi connectivity index (χ2n) is 4.54. The van der Waals surface area contributed by atoms with Crippen LogP contribution in [0.4, 0.5) is 0 Å². The number of ether oxygens (including phenoxy) is 2. The Morgan fingerprint density at radius 1 is 1.29 bits per heavy atom. The normalized spacial score (nSPS) is 29.0. The van der Waals surface area contributed by atoms with Gasteiger partial charge in [0.2, 0.25) is 5.88 Å². The van der Waals surface area contributed by atoms with Crippen molar-refractivity contribution in [1.82, 2.24) is 10.2 Å². The molecule has 2 heterocycles. The maximum Gasteiger partial charge on any atom is 0.233 e. The van der Waals surface area contributed by atoms with Crippen molar-refractivity contribution >= 4 is 0 Å².